The summed E-state index contributed by atoms with van der Waals surface area (Å²) in [4.78, 5) is 13.3. The third-order valence-corrected chi connectivity index (χ3v) is 2.06. The Labute approximate surface area is 82.8 Å². The van der Waals surface area contributed by atoms with Crippen molar-refractivity contribution < 1.29 is 9.32 Å². The van der Waals surface area contributed by atoms with Crippen LogP contribution in [0.15, 0.2) is 10.6 Å². The van der Waals surface area contributed by atoms with Gasteiger partial charge in [-0.25, -0.2) is 0 Å². The molecule has 0 spiro atoms. The monoisotopic (exact) mass is 197 g/mol. The van der Waals surface area contributed by atoms with Crippen molar-refractivity contribution in [2.45, 2.75) is 26.3 Å². The zero-order valence-corrected chi connectivity index (χ0v) is 8.87. The number of anilines is 1. The van der Waals surface area contributed by atoms with Crippen LogP contribution < -0.4 is 5.73 Å². The number of nitrogens with zero attached hydrogens (tertiary/aromatic N) is 2. The fraction of sp³-hybridized carbons (Fsp3) is 0.556. The highest BCUT2D eigenvalue weighted by atomic mass is 16.5. The molecule has 1 aromatic heterocycles. The first-order valence-corrected chi connectivity index (χ1v) is 4.32. The second-order valence-electron chi connectivity index (χ2n) is 4.15. The molecule has 78 valence electrons. The summed E-state index contributed by atoms with van der Waals surface area (Å²) < 4.78 is 4.63. The van der Waals surface area contributed by atoms with E-state index < -0.39 is 0 Å². The third-order valence-electron chi connectivity index (χ3n) is 2.06. The summed E-state index contributed by atoms with van der Waals surface area (Å²) in [5.74, 6) is -0.0476. The molecule has 1 rings (SSSR count). The first-order valence-electron chi connectivity index (χ1n) is 4.32. The maximum absolute atomic E-state index is 11.8. The first kappa shape index (κ1) is 10.6. The summed E-state index contributed by atoms with van der Waals surface area (Å²) in [6, 6.07) is 1.42. The van der Waals surface area contributed by atoms with Gasteiger partial charge in [0.05, 0.1) is 0 Å². The van der Waals surface area contributed by atoms with Crippen LogP contribution in [0, 0.1) is 0 Å². The smallest absolute Gasteiger partial charge is 0.276 e. The van der Waals surface area contributed by atoms with E-state index >= 15 is 0 Å². The van der Waals surface area contributed by atoms with Crippen LogP contribution in [0.1, 0.15) is 31.3 Å². The predicted molar refractivity (Wildman–Crippen MR) is 52.8 cm³/mol. The van der Waals surface area contributed by atoms with Crippen molar-refractivity contribution in [3.63, 3.8) is 0 Å². The molecule has 0 saturated heterocycles. The van der Waals surface area contributed by atoms with Crippen LogP contribution in [0.3, 0.4) is 0 Å². The van der Waals surface area contributed by atoms with Gasteiger partial charge < -0.3 is 15.2 Å². The second-order valence-corrected chi connectivity index (χ2v) is 4.15. The van der Waals surface area contributed by atoms with Crippen LogP contribution in [0.5, 0.6) is 0 Å². The minimum Gasteiger partial charge on any atom is -0.368 e. The maximum atomic E-state index is 11.8. The van der Waals surface area contributed by atoms with Crippen LogP contribution in [0.4, 0.5) is 5.88 Å². The van der Waals surface area contributed by atoms with Crippen LogP contribution in [-0.4, -0.2) is 28.6 Å². The minimum absolute atomic E-state index is 0.149. The fourth-order valence-corrected chi connectivity index (χ4v) is 0.867. The van der Waals surface area contributed by atoms with Crippen LogP contribution in [0.25, 0.3) is 0 Å². The molecule has 0 saturated carbocycles. The van der Waals surface area contributed by atoms with Gasteiger partial charge in [-0.1, -0.05) is 5.16 Å². The van der Waals surface area contributed by atoms with Crippen molar-refractivity contribution in [1.82, 2.24) is 10.1 Å². The SMILES string of the molecule is CN(C(=O)c1cc(N)on1)C(C)(C)C. The third kappa shape index (κ3) is 2.04. The summed E-state index contributed by atoms with van der Waals surface area (Å²) in [5, 5.41) is 3.56. The molecule has 0 aliphatic heterocycles. The molecule has 5 nitrogen and oxygen atoms in total. The van der Waals surface area contributed by atoms with Gasteiger partial charge in [-0.2, -0.15) is 0 Å². The Kier molecular flexibility index (Phi) is 2.51. The van der Waals surface area contributed by atoms with E-state index in [1.807, 2.05) is 20.8 Å². The Morgan fingerprint density at radius 2 is 2.14 bits per heavy atom. The van der Waals surface area contributed by atoms with E-state index in [4.69, 9.17) is 5.73 Å². The number of hydrogen-bond acceptors (Lipinski definition) is 4. The van der Waals surface area contributed by atoms with Gasteiger partial charge >= 0.3 is 0 Å². The largest absolute Gasteiger partial charge is 0.368 e. The predicted octanol–water partition coefficient (Wildman–Crippen LogP) is 1.13. The highest BCUT2D eigenvalue weighted by molar-refractivity contribution is 5.93. The van der Waals surface area contributed by atoms with Crippen LogP contribution in [0.2, 0.25) is 0 Å². The second kappa shape index (κ2) is 3.32. The van der Waals surface area contributed by atoms with Crippen LogP contribution >= 0.6 is 0 Å². The first-order chi connectivity index (χ1) is 6.32. The zero-order chi connectivity index (χ0) is 10.9. The van der Waals surface area contributed by atoms with Crippen molar-refractivity contribution in [3.8, 4) is 0 Å². The van der Waals surface area contributed by atoms with E-state index in [0.29, 0.717) is 0 Å². The van der Waals surface area contributed by atoms with Crippen LogP contribution in [-0.2, 0) is 0 Å². The van der Waals surface area contributed by atoms with E-state index in [9.17, 15) is 4.79 Å². The van der Waals surface area contributed by atoms with Gasteiger partial charge in [0.15, 0.2) is 5.69 Å². The molecular formula is C9H15N3O2. The summed E-state index contributed by atoms with van der Waals surface area (Å²) in [5.41, 5.74) is 5.32. The highest BCUT2D eigenvalue weighted by Gasteiger charge is 2.25. The van der Waals surface area contributed by atoms with E-state index in [1.165, 1.54) is 6.07 Å². The van der Waals surface area contributed by atoms with Crippen molar-refractivity contribution in [2.75, 3.05) is 12.8 Å². The average molecular weight is 197 g/mol. The van der Waals surface area contributed by atoms with Gasteiger partial charge in [-0.15, -0.1) is 0 Å². The summed E-state index contributed by atoms with van der Waals surface area (Å²) in [7, 11) is 1.72. The van der Waals surface area contributed by atoms with Crippen molar-refractivity contribution in [1.29, 1.82) is 0 Å². The number of rotatable bonds is 1. The molecule has 0 aromatic carbocycles. The molecule has 1 aromatic rings. The Morgan fingerprint density at radius 1 is 1.57 bits per heavy atom. The Bertz CT molecular complexity index is 338. The molecule has 1 amide bonds. The molecular weight excluding hydrogens is 182 g/mol. The summed E-state index contributed by atoms with van der Waals surface area (Å²) >= 11 is 0. The standard InChI is InChI=1S/C9H15N3O2/c1-9(2,3)12(4)8(13)6-5-7(10)14-11-6/h5H,10H2,1-4H3. The van der Waals surface area contributed by atoms with E-state index in [-0.39, 0.29) is 23.0 Å². The highest BCUT2D eigenvalue weighted by Crippen LogP contribution is 2.15. The molecule has 0 bridgehead atoms. The Hall–Kier alpha value is -1.52. The number of aromatic nitrogens is 1. The van der Waals surface area contributed by atoms with Crippen molar-refractivity contribution in [3.05, 3.63) is 11.8 Å². The average Bonchev–Trinajstić information content (AvgIpc) is 2.47. The lowest BCUT2D eigenvalue weighted by atomic mass is 10.1. The molecule has 1 heterocycles. The van der Waals surface area contributed by atoms with Gasteiger partial charge in [0.25, 0.3) is 5.91 Å². The molecule has 0 aliphatic carbocycles. The van der Waals surface area contributed by atoms with E-state index in [1.54, 1.807) is 11.9 Å². The van der Waals surface area contributed by atoms with Gasteiger partial charge in [0, 0.05) is 18.7 Å². The molecule has 5 heteroatoms. The summed E-state index contributed by atoms with van der Waals surface area (Å²) in [6.45, 7) is 5.82. The number of carbonyl (C=O) groups excluding carboxylic acids is 1. The number of carbonyl (C=O) groups is 1. The van der Waals surface area contributed by atoms with E-state index in [2.05, 4.69) is 9.68 Å². The number of amides is 1. The Balaban J connectivity index is 2.86. The molecule has 0 radical (unpaired) electrons. The van der Waals surface area contributed by atoms with Gasteiger partial charge in [-0.05, 0) is 20.8 Å². The lowest BCUT2D eigenvalue weighted by molar-refractivity contribution is 0.0645. The molecule has 14 heavy (non-hydrogen) atoms. The number of hydrogen-bond donors (Lipinski definition) is 1. The van der Waals surface area contributed by atoms with E-state index in [0.717, 1.165) is 0 Å². The van der Waals surface area contributed by atoms with Gasteiger partial charge in [0.2, 0.25) is 5.88 Å². The molecule has 0 aliphatic rings. The minimum atomic E-state index is -0.245. The zero-order valence-electron chi connectivity index (χ0n) is 8.87. The molecule has 0 fully saturated rings. The Morgan fingerprint density at radius 3 is 2.50 bits per heavy atom. The molecule has 0 atom stereocenters. The molecule has 2 N–H and O–H groups in total. The lowest BCUT2D eigenvalue weighted by Gasteiger charge is -2.31. The van der Waals surface area contributed by atoms with Crippen molar-refractivity contribution >= 4 is 11.8 Å². The number of nitrogens with two attached hydrogens (primary N) is 1. The lowest BCUT2D eigenvalue weighted by Crippen LogP contribution is -2.42. The normalized spacial score (nSPS) is 11.4. The number of nitrogen functional groups attached to an aromatic ring is 1. The maximum Gasteiger partial charge on any atom is 0.276 e. The van der Waals surface area contributed by atoms with Crippen molar-refractivity contribution in [2.24, 2.45) is 0 Å². The molecule has 0 unspecified atom stereocenters. The van der Waals surface area contributed by atoms with Gasteiger partial charge in [-0.3, -0.25) is 4.79 Å². The van der Waals surface area contributed by atoms with Gasteiger partial charge in [0.1, 0.15) is 0 Å². The quantitative estimate of drug-likeness (QED) is 0.732. The summed E-state index contributed by atoms with van der Waals surface area (Å²) in [6.07, 6.45) is 0. The fourth-order valence-electron chi connectivity index (χ4n) is 0.867. The topological polar surface area (TPSA) is 72.4 Å².